The highest BCUT2D eigenvalue weighted by Crippen LogP contribution is 2.15. The molecule has 0 radical (unpaired) electrons. The molecule has 0 spiro atoms. The van der Waals surface area contributed by atoms with E-state index in [1.54, 1.807) is 0 Å². The predicted molar refractivity (Wildman–Crippen MR) is 63.1 cm³/mol. The average Bonchev–Trinajstić information content (AvgIpc) is 2.28. The second-order valence-electron chi connectivity index (χ2n) is 4.21. The fourth-order valence-electron chi connectivity index (χ4n) is 1.22. The van der Waals surface area contributed by atoms with Crippen molar-refractivity contribution in [3.05, 3.63) is 23.5 Å². The normalized spacial score (nSPS) is 10.4. The smallest absolute Gasteiger partial charge is 0.354 e. The molecule has 1 aromatic rings. The standard InChI is InChI=1S/C12H15NO5/c1-7(2)3-4-18-8-5-9(11(14)15)13-10(6-8)12(16)17/h5-7H,3-4H2,1-2H3,(H,14,15)(H,16,17). The van der Waals surface area contributed by atoms with Crippen LogP contribution in [0.1, 0.15) is 41.2 Å². The first-order valence-corrected chi connectivity index (χ1v) is 5.51. The number of rotatable bonds is 6. The van der Waals surface area contributed by atoms with Crippen LogP contribution in [-0.2, 0) is 0 Å². The van der Waals surface area contributed by atoms with E-state index in [4.69, 9.17) is 14.9 Å². The molecule has 18 heavy (non-hydrogen) atoms. The summed E-state index contributed by atoms with van der Waals surface area (Å²) in [5, 5.41) is 17.6. The molecule has 0 saturated heterocycles. The highest BCUT2D eigenvalue weighted by atomic mass is 16.5. The van der Waals surface area contributed by atoms with E-state index in [1.165, 1.54) is 12.1 Å². The molecule has 98 valence electrons. The summed E-state index contributed by atoms with van der Waals surface area (Å²) in [6.07, 6.45) is 0.799. The molecule has 1 aromatic heterocycles. The highest BCUT2D eigenvalue weighted by Gasteiger charge is 2.14. The van der Waals surface area contributed by atoms with Crippen LogP contribution in [0.2, 0.25) is 0 Å². The molecule has 0 unspecified atom stereocenters. The Morgan fingerprint density at radius 2 is 1.72 bits per heavy atom. The fourth-order valence-corrected chi connectivity index (χ4v) is 1.22. The van der Waals surface area contributed by atoms with Crippen LogP contribution >= 0.6 is 0 Å². The van der Waals surface area contributed by atoms with Crippen LogP contribution in [0.15, 0.2) is 12.1 Å². The summed E-state index contributed by atoms with van der Waals surface area (Å²) in [5.41, 5.74) is -0.677. The number of carboxylic acid groups (broad SMARTS) is 2. The van der Waals surface area contributed by atoms with Gasteiger partial charge in [-0.1, -0.05) is 13.8 Å². The second kappa shape index (κ2) is 6.00. The topological polar surface area (TPSA) is 96.7 Å². The van der Waals surface area contributed by atoms with Gasteiger partial charge in [0.15, 0.2) is 11.4 Å². The van der Waals surface area contributed by atoms with Gasteiger partial charge >= 0.3 is 11.9 Å². The largest absolute Gasteiger partial charge is 0.493 e. The third-order valence-corrected chi connectivity index (χ3v) is 2.20. The van der Waals surface area contributed by atoms with Crippen molar-refractivity contribution in [2.75, 3.05) is 6.61 Å². The SMILES string of the molecule is CC(C)CCOc1cc(C(=O)O)nc(C(=O)O)c1. The molecule has 6 heteroatoms. The van der Waals surface area contributed by atoms with Crippen molar-refractivity contribution in [1.29, 1.82) is 0 Å². The third-order valence-electron chi connectivity index (χ3n) is 2.20. The number of ether oxygens (including phenoxy) is 1. The summed E-state index contributed by atoms with van der Waals surface area (Å²) >= 11 is 0. The van der Waals surface area contributed by atoms with Gasteiger partial charge < -0.3 is 14.9 Å². The first-order valence-electron chi connectivity index (χ1n) is 5.51. The van der Waals surface area contributed by atoms with Gasteiger partial charge in [0.05, 0.1) is 6.61 Å². The summed E-state index contributed by atoms with van der Waals surface area (Å²) < 4.78 is 5.33. The minimum absolute atomic E-state index is 0.209. The van der Waals surface area contributed by atoms with E-state index in [9.17, 15) is 9.59 Å². The number of aromatic nitrogens is 1. The minimum atomic E-state index is -1.29. The number of carboxylic acids is 2. The van der Waals surface area contributed by atoms with E-state index in [1.807, 2.05) is 13.8 Å². The average molecular weight is 253 g/mol. The van der Waals surface area contributed by atoms with Crippen LogP contribution < -0.4 is 4.74 Å². The molecule has 0 bridgehead atoms. The number of pyridine rings is 1. The van der Waals surface area contributed by atoms with Gasteiger partial charge in [0.25, 0.3) is 0 Å². The van der Waals surface area contributed by atoms with E-state index in [2.05, 4.69) is 4.98 Å². The van der Waals surface area contributed by atoms with Crippen LogP contribution in [0.3, 0.4) is 0 Å². The summed E-state index contributed by atoms with van der Waals surface area (Å²) in [6, 6.07) is 2.43. The van der Waals surface area contributed by atoms with E-state index in [0.29, 0.717) is 12.5 Å². The van der Waals surface area contributed by atoms with Gasteiger partial charge in [0, 0.05) is 12.1 Å². The van der Waals surface area contributed by atoms with Crippen LogP contribution in [0, 0.1) is 5.92 Å². The molecule has 1 rings (SSSR count). The molecule has 0 amide bonds. The predicted octanol–water partition coefficient (Wildman–Crippen LogP) is 1.90. The van der Waals surface area contributed by atoms with Gasteiger partial charge in [0.2, 0.25) is 0 Å². The molecule has 0 aliphatic rings. The molecule has 0 fully saturated rings. The summed E-state index contributed by atoms with van der Waals surface area (Å²) in [4.78, 5) is 25.1. The molecule has 0 saturated carbocycles. The zero-order chi connectivity index (χ0) is 13.7. The molecule has 0 aromatic carbocycles. The molecular formula is C12H15NO5. The van der Waals surface area contributed by atoms with Crippen LogP contribution in [0.25, 0.3) is 0 Å². The van der Waals surface area contributed by atoms with Crippen molar-refractivity contribution in [3.63, 3.8) is 0 Å². The van der Waals surface area contributed by atoms with Gasteiger partial charge in [-0.2, -0.15) is 0 Å². The van der Waals surface area contributed by atoms with Crippen molar-refractivity contribution in [3.8, 4) is 5.75 Å². The third kappa shape index (κ3) is 4.04. The van der Waals surface area contributed by atoms with E-state index in [-0.39, 0.29) is 17.1 Å². The minimum Gasteiger partial charge on any atom is -0.493 e. The van der Waals surface area contributed by atoms with Gasteiger partial charge in [-0.15, -0.1) is 0 Å². The summed E-state index contributed by atoms with van der Waals surface area (Å²) in [6.45, 7) is 4.46. The van der Waals surface area contributed by atoms with Crippen LogP contribution in [0.4, 0.5) is 0 Å². The van der Waals surface area contributed by atoms with Gasteiger partial charge in [-0.3, -0.25) is 0 Å². The fraction of sp³-hybridized carbons (Fsp3) is 0.417. The van der Waals surface area contributed by atoms with Gasteiger partial charge in [-0.05, 0) is 12.3 Å². The zero-order valence-corrected chi connectivity index (χ0v) is 10.2. The monoisotopic (exact) mass is 253 g/mol. The van der Waals surface area contributed by atoms with Gasteiger partial charge in [0.1, 0.15) is 5.75 Å². The van der Waals surface area contributed by atoms with Crippen molar-refractivity contribution >= 4 is 11.9 Å². The lowest BCUT2D eigenvalue weighted by Crippen LogP contribution is -2.09. The first-order chi connectivity index (χ1) is 8.40. The Bertz CT molecular complexity index is 424. The Morgan fingerprint density at radius 1 is 1.22 bits per heavy atom. The lowest BCUT2D eigenvalue weighted by Gasteiger charge is -2.09. The molecular weight excluding hydrogens is 238 g/mol. The molecule has 6 nitrogen and oxygen atoms in total. The summed E-state index contributed by atoms with van der Waals surface area (Å²) in [5.74, 6) is -1.91. The quantitative estimate of drug-likeness (QED) is 0.803. The summed E-state index contributed by atoms with van der Waals surface area (Å²) in [7, 11) is 0. The molecule has 0 atom stereocenters. The number of hydrogen-bond donors (Lipinski definition) is 2. The number of carbonyl (C=O) groups is 2. The Kier molecular flexibility index (Phi) is 4.65. The van der Waals surface area contributed by atoms with Gasteiger partial charge in [-0.25, -0.2) is 14.6 Å². The lowest BCUT2D eigenvalue weighted by molar-refractivity contribution is 0.0683. The highest BCUT2D eigenvalue weighted by molar-refractivity contribution is 5.90. The Labute approximate surface area is 104 Å². The van der Waals surface area contributed by atoms with E-state index >= 15 is 0 Å². The Morgan fingerprint density at radius 3 is 2.11 bits per heavy atom. The zero-order valence-electron chi connectivity index (χ0n) is 10.2. The molecule has 2 N–H and O–H groups in total. The van der Waals surface area contributed by atoms with Crippen LogP contribution in [0.5, 0.6) is 5.75 Å². The van der Waals surface area contributed by atoms with E-state index < -0.39 is 11.9 Å². The van der Waals surface area contributed by atoms with Crippen LogP contribution in [-0.4, -0.2) is 33.7 Å². The lowest BCUT2D eigenvalue weighted by atomic mass is 10.1. The second-order valence-corrected chi connectivity index (χ2v) is 4.21. The maximum Gasteiger partial charge on any atom is 0.354 e. The van der Waals surface area contributed by atoms with E-state index in [0.717, 1.165) is 6.42 Å². The van der Waals surface area contributed by atoms with Crippen molar-refractivity contribution in [2.24, 2.45) is 5.92 Å². The number of nitrogens with zero attached hydrogens (tertiary/aromatic N) is 1. The first kappa shape index (κ1) is 14.0. The maximum atomic E-state index is 10.8. The number of aromatic carboxylic acids is 2. The molecule has 0 aliphatic heterocycles. The van der Waals surface area contributed by atoms with Crippen molar-refractivity contribution < 1.29 is 24.5 Å². The van der Waals surface area contributed by atoms with Crippen molar-refractivity contribution in [1.82, 2.24) is 4.98 Å². The molecule has 1 heterocycles. The molecule has 0 aliphatic carbocycles. The number of hydrogen-bond acceptors (Lipinski definition) is 4. The van der Waals surface area contributed by atoms with Crippen molar-refractivity contribution in [2.45, 2.75) is 20.3 Å². The Balaban J connectivity index is 2.89. The maximum absolute atomic E-state index is 10.8. The Hall–Kier alpha value is -2.11.